The molecule has 0 spiro atoms. The van der Waals surface area contributed by atoms with Crippen molar-refractivity contribution in [2.24, 2.45) is 0 Å². The van der Waals surface area contributed by atoms with Gasteiger partial charge in [-0.2, -0.15) is 0 Å². The van der Waals surface area contributed by atoms with Gasteiger partial charge in [-0.25, -0.2) is 0 Å². The maximum Gasteiger partial charge on any atom is 0.261 e. The second kappa shape index (κ2) is 5.21. The number of hydrogen-bond acceptors (Lipinski definition) is 2. The SMILES string of the molecule is CCC1CC=C(C(=O)Nc2ccccc2)S1. The molecule has 84 valence electrons. The van der Waals surface area contributed by atoms with Crippen LogP contribution < -0.4 is 5.32 Å². The lowest BCUT2D eigenvalue weighted by Gasteiger charge is -2.07. The fourth-order valence-electron chi connectivity index (χ4n) is 1.62. The van der Waals surface area contributed by atoms with Crippen LogP contribution >= 0.6 is 11.8 Å². The van der Waals surface area contributed by atoms with Gasteiger partial charge in [0.2, 0.25) is 0 Å². The van der Waals surface area contributed by atoms with Gasteiger partial charge in [-0.05, 0) is 25.0 Å². The molecular weight excluding hydrogens is 218 g/mol. The zero-order chi connectivity index (χ0) is 11.4. The molecule has 1 heterocycles. The zero-order valence-corrected chi connectivity index (χ0v) is 10.1. The highest BCUT2D eigenvalue weighted by atomic mass is 32.2. The quantitative estimate of drug-likeness (QED) is 0.866. The Morgan fingerprint density at radius 3 is 2.81 bits per heavy atom. The molecule has 2 nitrogen and oxygen atoms in total. The topological polar surface area (TPSA) is 29.1 Å². The molecule has 0 saturated heterocycles. The summed E-state index contributed by atoms with van der Waals surface area (Å²) in [6.45, 7) is 2.16. The molecule has 1 aromatic carbocycles. The van der Waals surface area contributed by atoms with Crippen molar-refractivity contribution in [1.82, 2.24) is 0 Å². The van der Waals surface area contributed by atoms with Gasteiger partial charge in [0, 0.05) is 10.9 Å². The first kappa shape index (κ1) is 11.3. The Labute approximate surface area is 100 Å². The van der Waals surface area contributed by atoms with E-state index in [2.05, 4.69) is 12.2 Å². The van der Waals surface area contributed by atoms with Gasteiger partial charge < -0.3 is 5.32 Å². The third-order valence-corrected chi connectivity index (χ3v) is 4.04. The average molecular weight is 233 g/mol. The molecule has 0 bridgehead atoms. The van der Waals surface area contributed by atoms with Crippen LogP contribution in [-0.4, -0.2) is 11.2 Å². The van der Waals surface area contributed by atoms with Crippen molar-refractivity contribution in [3.05, 3.63) is 41.3 Å². The summed E-state index contributed by atoms with van der Waals surface area (Å²) in [7, 11) is 0. The van der Waals surface area contributed by atoms with Crippen LogP contribution in [-0.2, 0) is 4.79 Å². The van der Waals surface area contributed by atoms with Gasteiger partial charge >= 0.3 is 0 Å². The van der Waals surface area contributed by atoms with Crippen LogP contribution in [0.5, 0.6) is 0 Å². The molecule has 0 aromatic heterocycles. The molecule has 3 heteroatoms. The number of anilines is 1. The lowest BCUT2D eigenvalue weighted by Crippen LogP contribution is -2.12. The van der Waals surface area contributed by atoms with Gasteiger partial charge in [0.05, 0.1) is 4.91 Å². The van der Waals surface area contributed by atoms with Crippen molar-refractivity contribution >= 4 is 23.4 Å². The maximum absolute atomic E-state index is 11.9. The highest BCUT2D eigenvalue weighted by Gasteiger charge is 2.21. The molecule has 1 amide bonds. The molecule has 0 fully saturated rings. The van der Waals surface area contributed by atoms with E-state index in [0.717, 1.165) is 23.4 Å². The summed E-state index contributed by atoms with van der Waals surface area (Å²) in [5.74, 6) is 0.0205. The monoisotopic (exact) mass is 233 g/mol. The van der Waals surface area contributed by atoms with Gasteiger partial charge in [0.25, 0.3) is 5.91 Å². The van der Waals surface area contributed by atoms with Crippen molar-refractivity contribution in [3.63, 3.8) is 0 Å². The van der Waals surface area contributed by atoms with Crippen LogP contribution in [0.25, 0.3) is 0 Å². The average Bonchev–Trinajstić information content (AvgIpc) is 2.79. The van der Waals surface area contributed by atoms with Crippen LogP contribution in [0.2, 0.25) is 0 Å². The smallest absolute Gasteiger partial charge is 0.261 e. The van der Waals surface area contributed by atoms with Crippen molar-refractivity contribution in [2.75, 3.05) is 5.32 Å². The molecule has 1 N–H and O–H groups in total. The van der Waals surface area contributed by atoms with E-state index in [0.29, 0.717) is 5.25 Å². The first-order valence-electron chi connectivity index (χ1n) is 5.53. The number of amides is 1. The minimum Gasteiger partial charge on any atom is -0.322 e. The molecule has 2 rings (SSSR count). The predicted molar refractivity (Wildman–Crippen MR) is 69.4 cm³/mol. The van der Waals surface area contributed by atoms with E-state index in [4.69, 9.17) is 0 Å². The van der Waals surface area contributed by atoms with Crippen molar-refractivity contribution in [2.45, 2.75) is 25.0 Å². The highest BCUT2D eigenvalue weighted by Crippen LogP contribution is 2.34. The fraction of sp³-hybridized carbons (Fsp3) is 0.308. The molecule has 1 aliphatic rings. The Morgan fingerprint density at radius 2 is 2.19 bits per heavy atom. The van der Waals surface area contributed by atoms with Crippen molar-refractivity contribution in [1.29, 1.82) is 0 Å². The Hall–Kier alpha value is -1.22. The molecule has 1 unspecified atom stereocenters. The van der Waals surface area contributed by atoms with E-state index in [-0.39, 0.29) is 5.91 Å². The van der Waals surface area contributed by atoms with Crippen LogP contribution in [0.1, 0.15) is 19.8 Å². The number of benzene rings is 1. The summed E-state index contributed by atoms with van der Waals surface area (Å²) in [6.07, 6.45) is 4.17. The molecule has 16 heavy (non-hydrogen) atoms. The van der Waals surface area contributed by atoms with Gasteiger partial charge in [0.1, 0.15) is 0 Å². The Bertz CT molecular complexity index is 400. The number of thioether (sulfide) groups is 1. The minimum absolute atomic E-state index is 0.0205. The maximum atomic E-state index is 11.9. The van der Waals surface area contributed by atoms with Crippen LogP contribution in [0, 0.1) is 0 Å². The zero-order valence-electron chi connectivity index (χ0n) is 9.27. The first-order valence-corrected chi connectivity index (χ1v) is 6.40. The Balaban J connectivity index is 1.95. The minimum atomic E-state index is 0.0205. The summed E-state index contributed by atoms with van der Waals surface area (Å²) in [5.41, 5.74) is 0.856. The largest absolute Gasteiger partial charge is 0.322 e. The highest BCUT2D eigenvalue weighted by molar-refractivity contribution is 8.04. The molecular formula is C13H15NOS. The molecule has 0 radical (unpaired) electrons. The van der Waals surface area contributed by atoms with Crippen molar-refractivity contribution < 1.29 is 4.79 Å². The standard InChI is InChI=1S/C13H15NOS/c1-2-11-8-9-12(16-11)13(15)14-10-6-4-3-5-7-10/h3-7,9,11H,2,8H2,1H3,(H,14,15). The molecule has 1 aliphatic heterocycles. The normalized spacial score (nSPS) is 19.3. The Kier molecular flexibility index (Phi) is 3.67. The molecule has 1 aromatic rings. The van der Waals surface area contributed by atoms with E-state index in [1.54, 1.807) is 11.8 Å². The van der Waals surface area contributed by atoms with Crippen molar-refractivity contribution in [3.8, 4) is 0 Å². The molecule has 0 saturated carbocycles. The van der Waals surface area contributed by atoms with E-state index in [9.17, 15) is 4.79 Å². The van der Waals surface area contributed by atoms with Gasteiger partial charge in [-0.3, -0.25) is 4.79 Å². The van der Waals surface area contributed by atoms with E-state index in [1.165, 1.54) is 0 Å². The second-order valence-corrected chi connectivity index (χ2v) is 5.11. The van der Waals surface area contributed by atoms with Gasteiger partial charge in [-0.15, -0.1) is 11.8 Å². The van der Waals surface area contributed by atoms with Gasteiger partial charge in [0.15, 0.2) is 0 Å². The molecule has 0 aliphatic carbocycles. The Morgan fingerprint density at radius 1 is 1.44 bits per heavy atom. The fourth-order valence-corrected chi connectivity index (χ4v) is 2.69. The van der Waals surface area contributed by atoms with Crippen LogP contribution in [0.4, 0.5) is 5.69 Å². The van der Waals surface area contributed by atoms with E-state index >= 15 is 0 Å². The van der Waals surface area contributed by atoms with E-state index < -0.39 is 0 Å². The third kappa shape index (κ3) is 2.67. The number of hydrogen-bond donors (Lipinski definition) is 1. The number of carbonyl (C=O) groups is 1. The summed E-state index contributed by atoms with van der Waals surface area (Å²) in [4.78, 5) is 12.7. The lowest BCUT2D eigenvalue weighted by molar-refractivity contribution is -0.112. The number of rotatable bonds is 3. The van der Waals surface area contributed by atoms with E-state index in [1.807, 2.05) is 36.4 Å². The summed E-state index contributed by atoms with van der Waals surface area (Å²) >= 11 is 1.69. The summed E-state index contributed by atoms with van der Waals surface area (Å²) in [5, 5.41) is 3.48. The third-order valence-electron chi connectivity index (χ3n) is 2.57. The van der Waals surface area contributed by atoms with Gasteiger partial charge in [-0.1, -0.05) is 31.2 Å². The van der Waals surface area contributed by atoms with Crippen LogP contribution in [0.3, 0.4) is 0 Å². The summed E-state index contributed by atoms with van der Waals surface area (Å²) < 4.78 is 0. The predicted octanol–water partition coefficient (Wildman–Crippen LogP) is 3.42. The van der Waals surface area contributed by atoms with Crippen LogP contribution in [0.15, 0.2) is 41.3 Å². The number of para-hydroxylation sites is 1. The number of carbonyl (C=O) groups excluding carboxylic acids is 1. The second-order valence-electron chi connectivity index (χ2n) is 3.77. The molecule has 1 atom stereocenters. The number of allylic oxidation sites excluding steroid dienone is 1. The lowest BCUT2D eigenvalue weighted by atomic mass is 10.2. The summed E-state index contributed by atoms with van der Waals surface area (Å²) in [6, 6.07) is 9.57. The first-order chi connectivity index (χ1) is 7.79. The number of nitrogens with one attached hydrogen (secondary N) is 1.